The van der Waals surface area contributed by atoms with Crippen LogP contribution in [0.1, 0.15) is 4.88 Å². The van der Waals surface area contributed by atoms with E-state index in [1.54, 1.807) is 11.3 Å². The first-order valence-corrected chi connectivity index (χ1v) is 8.10. The van der Waals surface area contributed by atoms with Crippen LogP contribution in [0.2, 0.25) is 0 Å². The summed E-state index contributed by atoms with van der Waals surface area (Å²) in [5.41, 5.74) is 6.39. The average Bonchev–Trinajstić information content (AvgIpc) is 3.06. The Morgan fingerprint density at radius 2 is 1.96 bits per heavy atom. The SMILES string of the molecule is Nc1c(NCCc2cccs2)ncnc1Nc1ccc(F)cc1F. The van der Waals surface area contributed by atoms with Crippen molar-refractivity contribution in [2.24, 2.45) is 0 Å². The lowest BCUT2D eigenvalue weighted by atomic mass is 10.3. The Morgan fingerprint density at radius 3 is 2.71 bits per heavy atom. The molecule has 2 aromatic heterocycles. The second-order valence-electron chi connectivity index (χ2n) is 4.99. The summed E-state index contributed by atoms with van der Waals surface area (Å²) >= 11 is 1.68. The molecule has 4 N–H and O–H groups in total. The minimum Gasteiger partial charge on any atom is -0.393 e. The lowest BCUT2D eigenvalue weighted by molar-refractivity contribution is 0.586. The van der Waals surface area contributed by atoms with E-state index >= 15 is 0 Å². The van der Waals surface area contributed by atoms with Crippen LogP contribution in [0.25, 0.3) is 0 Å². The van der Waals surface area contributed by atoms with Crippen molar-refractivity contribution in [3.63, 3.8) is 0 Å². The number of hydrogen-bond acceptors (Lipinski definition) is 6. The van der Waals surface area contributed by atoms with E-state index in [0.717, 1.165) is 18.6 Å². The molecular formula is C16H15F2N5S. The molecule has 3 rings (SSSR count). The summed E-state index contributed by atoms with van der Waals surface area (Å²) in [4.78, 5) is 9.36. The highest BCUT2D eigenvalue weighted by atomic mass is 32.1. The molecule has 5 nitrogen and oxygen atoms in total. The van der Waals surface area contributed by atoms with Crippen LogP contribution in [-0.4, -0.2) is 16.5 Å². The molecule has 0 fully saturated rings. The fraction of sp³-hybridized carbons (Fsp3) is 0.125. The zero-order valence-electron chi connectivity index (χ0n) is 12.6. The molecule has 0 saturated heterocycles. The molecule has 8 heteroatoms. The highest BCUT2D eigenvalue weighted by Gasteiger charge is 2.11. The van der Waals surface area contributed by atoms with Gasteiger partial charge in [-0.25, -0.2) is 18.7 Å². The van der Waals surface area contributed by atoms with Crippen LogP contribution >= 0.6 is 11.3 Å². The summed E-state index contributed by atoms with van der Waals surface area (Å²) in [6, 6.07) is 7.29. The van der Waals surface area contributed by atoms with Gasteiger partial charge in [0.25, 0.3) is 0 Å². The van der Waals surface area contributed by atoms with Gasteiger partial charge in [0.15, 0.2) is 11.6 Å². The van der Waals surface area contributed by atoms with Crippen molar-refractivity contribution < 1.29 is 8.78 Å². The highest BCUT2D eigenvalue weighted by Crippen LogP contribution is 2.27. The van der Waals surface area contributed by atoms with Gasteiger partial charge in [-0.1, -0.05) is 6.07 Å². The largest absolute Gasteiger partial charge is 0.393 e. The monoisotopic (exact) mass is 347 g/mol. The number of benzene rings is 1. The first-order chi connectivity index (χ1) is 11.6. The van der Waals surface area contributed by atoms with Crippen molar-refractivity contribution in [2.45, 2.75) is 6.42 Å². The molecule has 124 valence electrons. The number of anilines is 4. The predicted octanol–water partition coefficient (Wildman–Crippen LogP) is 3.80. The Hall–Kier alpha value is -2.74. The van der Waals surface area contributed by atoms with Crippen LogP contribution in [-0.2, 0) is 6.42 Å². The Labute approximate surface area is 141 Å². The molecule has 0 saturated carbocycles. The maximum Gasteiger partial charge on any atom is 0.159 e. The number of aromatic nitrogens is 2. The van der Waals surface area contributed by atoms with Gasteiger partial charge < -0.3 is 16.4 Å². The molecule has 0 amide bonds. The van der Waals surface area contributed by atoms with Crippen LogP contribution in [0.3, 0.4) is 0 Å². The highest BCUT2D eigenvalue weighted by molar-refractivity contribution is 7.09. The third-order valence-corrected chi connectivity index (χ3v) is 4.25. The lowest BCUT2D eigenvalue weighted by Crippen LogP contribution is -2.10. The normalized spacial score (nSPS) is 10.6. The van der Waals surface area contributed by atoms with E-state index < -0.39 is 11.6 Å². The molecule has 0 atom stereocenters. The average molecular weight is 347 g/mol. The summed E-state index contributed by atoms with van der Waals surface area (Å²) in [5, 5.41) is 7.92. The standard InChI is InChI=1S/C16H15F2N5S/c17-10-3-4-13(12(18)8-10)23-16-14(19)15(21-9-22-16)20-6-5-11-2-1-7-24-11/h1-4,7-9H,5-6,19H2,(H2,20,21,22,23). The third kappa shape index (κ3) is 3.77. The van der Waals surface area contributed by atoms with Crippen molar-refractivity contribution in [2.75, 3.05) is 22.9 Å². The van der Waals surface area contributed by atoms with E-state index in [0.29, 0.717) is 12.4 Å². The summed E-state index contributed by atoms with van der Waals surface area (Å²) < 4.78 is 26.7. The number of nitrogens with one attached hydrogen (secondary N) is 2. The quantitative estimate of drug-likeness (QED) is 0.632. The zero-order chi connectivity index (χ0) is 16.9. The van der Waals surface area contributed by atoms with Crippen LogP contribution in [0, 0.1) is 11.6 Å². The fourth-order valence-electron chi connectivity index (χ4n) is 2.11. The van der Waals surface area contributed by atoms with Crippen molar-refractivity contribution in [1.29, 1.82) is 0 Å². The molecule has 0 unspecified atom stereocenters. The van der Waals surface area contributed by atoms with Gasteiger partial charge in [-0.2, -0.15) is 0 Å². The van der Waals surface area contributed by atoms with E-state index in [4.69, 9.17) is 5.73 Å². The van der Waals surface area contributed by atoms with Crippen molar-refractivity contribution in [1.82, 2.24) is 9.97 Å². The molecule has 0 bridgehead atoms. The molecule has 3 aromatic rings. The first kappa shape index (κ1) is 16.1. The molecule has 24 heavy (non-hydrogen) atoms. The van der Waals surface area contributed by atoms with E-state index in [-0.39, 0.29) is 17.2 Å². The van der Waals surface area contributed by atoms with Gasteiger partial charge in [-0.15, -0.1) is 11.3 Å². The van der Waals surface area contributed by atoms with Crippen molar-refractivity contribution >= 4 is 34.3 Å². The second-order valence-corrected chi connectivity index (χ2v) is 6.02. The molecule has 0 aliphatic rings. The minimum atomic E-state index is -0.722. The lowest BCUT2D eigenvalue weighted by Gasteiger charge is -2.12. The maximum atomic E-state index is 13.7. The van der Waals surface area contributed by atoms with E-state index in [2.05, 4.69) is 26.7 Å². The van der Waals surface area contributed by atoms with Crippen LogP contribution < -0.4 is 16.4 Å². The van der Waals surface area contributed by atoms with Gasteiger partial charge in [-0.05, 0) is 30.0 Å². The van der Waals surface area contributed by atoms with Gasteiger partial charge in [-0.3, -0.25) is 0 Å². The van der Waals surface area contributed by atoms with E-state index in [9.17, 15) is 8.78 Å². The Kier molecular flexibility index (Phi) is 4.85. The number of hydrogen-bond donors (Lipinski definition) is 3. The Balaban J connectivity index is 1.70. The van der Waals surface area contributed by atoms with Crippen LogP contribution in [0.15, 0.2) is 42.0 Å². The minimum absolute atomic E-state index is 0.0892. The van der Waals surface area contributed by atoms with Gasteiger partial charge in [0, 0.05) is 17.5 Å². The first-order valence-electron chi connectivity index (χ1n) is 7.22. The number of rotatable bonds is 6. The second kappa shape index (κ2) is 7.22. The predicted molar refractivity (Wildman–Crippen MR) is 92.6 cm³/mol. The van der Waals surface area contributed by atoms with Crippen LogP contribution in [0.5, 0.6) is 0 Å². The van der Waals surface area contributed by atoms with Gasteiger partial charge in [0.05, 0.1) is 5.69 Å². The molecule has 0 aliphatic carbocycles. The summed E-state index contributed by atoms with van der Waals surface area (Å²) in [6.07, 6.45) is 2.17. The molecule has 0 aliphatic heterocycles. The Bertz CT molecular complexity index is 823. The number of halogens is 2. The molecule has 2 heterocycles. The van der Waals surface area contributed by atoms with E-state index in [1.807, 2.05) is 11.4 Å². The van der Waals surface area contributed by atoms with Gasteiger partial charge in [0.2, 0.25) is 0 Å². The number of nitrogens with two attached hydrogens (primary N) is 1. The van der Waals surface area contributed by atoms with Gasteiger partial charge >= 0.3 is 0 Å². The summed E-state index contributed by atoms with van der Waals surface area (Å²) in [7, 11) is 0. The summed E-state index contributed by atoms with van der Waals surface area (Å²) in [6.45, 7) is 0.659. The number of nitrogens with zero attached hydrogens (tertiary/aromatic N) is 2. The van der Waals surface area contributed by atoms with Crippen molar-refractivity contribution in [3.8, 4) is 0 Å². The molecule has 0 spiro atoms. The number of nitrogen functional groups attached to an aromatic ring is 1. The van der Waals surface area contributed by atoms with Crippen molar-refractivity contribution in [3.05, 3.63) is 58.6 Å². The summed E-state index contributed by atoms with van der Waals surface area (Å²) in [5.74, 6) is -0.648. The Morgan fingerprint density at radius 1 is 1.12 bits per heavy atom. The fourth-order valence-corrected chi connectivity index (χ4v) is 2.82. The molecule has 1 aromatic carbocycles. The van der Waals surface area contributed by atoms with Gasteiger partial charge in [0.1, 0.15) is 23.6 Å². The topological polar surface area (TPSA) is 75.9 Å². The number of thiophene rings is 1. The smallest absolute Gasteiger partial charge is 0.159 e. The molecular weight excluding hydrogens is 332 g/mol. The van der Waals surface area contributed by atoms with Crippen LogP contribution in [0.4, 0.5) is 31.8 Å². The maximum absolute atomic E-state index is 13.7. The third-order valence-electron chi connectivity index (χ3n) is 3.31. The zero-order valence-corrected chi connectivity index (χ0v) is 13.4. The van der Waals surface area contributed by atoms with E-state index in [1.165, 1.54) is 17.3 Å². The molecule has 0 radical (unpaired) electrons.